The van der Waals surface area contributed by atoms with Crippen molar-refractivity contribution in [1.82, 2.24) is 0 Å². The van der Waals surface area contributed by atoms with Gasteiger partial charge < -0.3 is 0 Å². The number of halogens is 4. The molecule has 122 valence electrons. The highest BCUT2D eigenvalue weighted by Crippen LogP contribution is 2.46. The lowest BCUT2D eigenvalue weighted by molar-refractivity contribution is -0.0964. The molecule has 0 amide bonds. The van der Waals surface area contributed by atoms with E-state index in [1.807, 2.05) is 0 Å². The molecule has 0 atom stereocenters. The summed E-state index contributed by atoms with van der Waals surface area (Å²) in [6.07, 6.45) is -0.352. The van der Waals surface area contributed by atoms with Crippen LogP contribution in [0, 0.1) is 10.8 Å². The summed E-state index contributed by atoms with van der Waals surface area (Å²) in [5, 5.41) is -4.32. The van der Waals surface area contributed by atoms with Crippen LogP contribution in [0.2, 0.25) is 0 Å². The van der Waals surface area contributed by atoms with Gasteiger partial charge in [0.1, 0.15) is 0 Å². The Hall–Kier alpha value is -0.370. The first-order chi connectivity index (χ1) is 8.46. The smallest absolute Gasteiger partial charge is 0.281 e. The van der Waals surface area contributed by atoms with Gasteiger partial charge in [0, 0.05) is 10.8 Å². The van der Waals surface area contributed by atoms with Crippen molar-refractivity contribution in [3.05, 3.63) is 0 Å². The Labute approximate surface area is 117 Å². The lowest BCUT2D eigenvalue weighted by Gasteiger charge is -2.35. The molecule has 8 heteroatoms. The van der Waals surface area contributed by atoms with E-state index in [9.17, 15) is 26.0 Å². The predicted molar refractivity (Wildman–Crippen MR) is 68.5 cm³/mol. The number of hydrogen-bond acceptors (Lipinski definition) is 2. The molecule has 0 saturated heterocycles. The van der Waals surface area contributed by atoms with Gasteiger partial charge in [0.2, 0.25) is 5.92 Å². The van der Waals surface area contributed by atoms with Crippen LogP contribution in [-0.4, -0.2) is 24.1 Å². The zero-order valence-corrected chi connectivity index (χ0v) is 13.1. The minimum Gasteiger partial charge on any atom is -0.281 e. The predicted octanol–water partition coefficient (Wildman–Crippen LogP) is 4.34. The summed E-state index contributed by atoms with van der Waals surface area (Å²) in [6, 6.07) is 0. The van der Waals surface area contributed by atoms with Gasteiger partial charge >= 0.3 is 15.4 Å². The fourth-order valence-corrected chi connectivity index (χ4v) is 2.49. The van der Waals surface area contributed by atoms with E-state index >= 15 is 0 Å². The summed E-state index contributed by atoms with van der Waals surface area (Å²) in [4.78, 5) is 0. The minimum atomic E-state index is -5.54. The monoisotopic (exact) mass is 322 g/mol. The molecular weight excluding hydrogens is 300 g/mol. The highest BCUT2D eigenvalue weighted by Gasteiger charge is 2.56. The maximum atomic E-state index is 13.6. The molecule has 0 heterocycles. The Morgan fingerprint density at radius 1 is 0.850 bits per heavy atom. The van der Waals surface area contributed by atoms with E-state index in [1.54, 1.807) is 0 Å². The fraction of sp³-hybridized carbons (Fsp3) is 1.00. The summed E-state index contributed by atoms with van der Waals surface area (Å²) in [5.41, 5.74) is -3.42. The van der Waals surface area contributed by atoms with E-state index in [0.29, 0.717) is 0 Å². The molecule has 0 bridgehead atoms. The van der Waals surface area contributed by atoms with Gasteiger partial charge in [-0.3, -0.25) is 4.55 Å². The van der Waals surface area contributed by atoms with Gasteiger partial charge in [-0.2, -0.15) is 17.2 Å². The molecule has 0 radical (unpaired) electrons. The van der Waals surface area contributed by atoms with Gasteiger partial charge in [0.05, 0.1) is 0 Å². The molecule has 0 aromatic heterocycles. The summed E-state index contributed by atoms with van der Waals surface area (Å²) in [5.74, 6) is -2.97. The highest BCUT2D eigenvalue weighted by molar-refractivity contribution is 7.86. The van der Waals surface area contributed by atoms with Crippen LogP contribution >= 0.6 is 0 Å². The average molecular weight is 322 g/mol. The third kappa shape index (κ3) is 4.07. The molecule has 3 nitrogen and oxygen atoms in total. The first-order valence-electron chi connectivity index (χ1n) is 6.18. The molecule has 1 N–H and O–H groups in total. The highest BCUT2D eigenvalue weighted by atomic mass is 32.2. The Kier molecular flexibility index (Phi) is 5.34. The van der Waals surface area contributed by atoms with Gasteiger partial charge in [-0.15, -0.1) is 0 Å². The topological polar surface area (TPSA) is 54.4 Å². The van der Waals surface area contributed by atoms with Gasteiger partial charge in [-0.05, 0) is 19.8 Å². The fourth-order valence-electron chi connectivity index (χ4n) is 1.69. The van der Waals surface area contributed by atoms with Crippen molar-refractivity contribution in [3.63, 3.8) is 0 Å². The third-order valence-electron chi connectivity index (χ3n) is 3.90. The maximum absolute atomic E-state index is 13.6. The second-order valence-electron chi connectivity index (χ2n) is 6.50. The van der Waals surface area contributed by atoms with E-state index in [-0.39, 0.29) is 19.3 Å². The van der Waals surface area contributed by atoms with Crippen LogP contribution in [0.1, 0.15) is 53.9 Å². The van der Waals surface area contributed by atoms with Crippen molar-refractivity contribution in [2.24, 2.45) is 10.8 Å². The van der Waals surface area contributed by atoms with Crippen molar-refractivity contribution < 1.29 is 30.5 Å². The summed E-state index contributed by atoms with van der Waals surface area (Å²) >= 11 is 0. The lowest BCUT2D eigenvalue weighted by atomic mass is 9.78. The normalized spacial score (nSPS) is 15.5. The van der Waals surface area contributed by atoms with E-state index in [2.05, 4.69) is 0 Å². The van der Waals surface area contributed by atoms with Crippen molar-refractivity contribution >= 4 is 10.1 Å². The first-order valence-corrected chi connectivity index (χ1v) is 7.62. The molecule has 20 heavy (non-hydrogen) atoms. The van der Waals surface area contributed by atoms with Gasteiger partial charge in [-0.1, -0.05) is 34.1 Å². The van der Waals surface area contributed by atoms with Crippen LogP contribution in [0.5, 0.6) is 0 Å². The molecule has 0 saturated carbocycles. The largest absolute Gasteiger partial charge is 0.374 e. The zero-order chi connectivity index (χ0) is 16.6. The van der Waals surface area contributed by atoms with Gasteiger partial charge in [0.15, 0.2) is 0 Å². The van der Waals surface area contributed by atoms with Crippen molar-refractivity contribution in [1.29, 1.82) is 0 Å². The summed E-state index contributed by atoms with van der Waals surface area (Å²) < 4.78 is 83.7. The standard InChI is InChI=1S/C12H22F4O3S/c1-9(2,11(5,13)14)7-6-8-10(3,4)12(15,16)20(17,18)19/h6-8H2,1-5H3,(H,17,18,19). The van der Waals surface area contributed by atoms with Crippen LogP contribution in [0.3, 0.4) is 0 Å². The Morgan fingerprint density at radius 2 is 1.20 bits per heavy atom. The van der Waals surface area contributed by atoms with Gasteiger partial charge in [0.25, 0.3) is 0 Å². The summed E-state index contributed by atoms with van der Waals surface area (Å²) in [7, 11) is -5.54. The molecule has 0 aromatic rings. The number of alkyl halides is 4. The molecule has 0 rings (SSSR count). The molecule has 0 aliphatic carbocycles. The third-order valence-corrected chi connectivity index (χ3v) is 5.10. The molecule has 0 unspecified atom stereocenters. The molecule has 0 aromatic carbocycles. The van der Waals surface area contributed by atoms with Crippen molar-refractivity contribution in [3.8, 4) is 0 Å². The average Bonchev–Trinajstić information content (AvgIpc) is 2.12. The second kappa shape index (κ2) is 5.44. The molecule has 0 aliphatic rings. The van der Waals surface area contributed by atoms with Crippen molar-refractivity contribution in [2.45, 2.75) is 65.1 Å². The second-order valence-corrected chi connectivity index (χ2v) is 7.96. The van der Waals surface area contributed by atoms with E-state index in [1.165, 1.54) is 13.8 Å². The van der Waals surface area contributed by atoms with Crippen LogP contribution in [0.25, 0.3) is 0 Å². The Morgan fingerprint density at radius 3 is 1.50 bits per heavy atom. The summed E-state index contributed by atoms with van der Waals surface area (Å²) in [6.45, 7) is 5.36. The van der Waals surface area contributed by atoms with E-state index in [0.717, 1.165) is 20.8 Å². The van der Waals surface area contributed by atoms with Gasteiger partial charge in [-0.25, -0.2) is 8.78 Å². The van der Waals surface area contributed by atoms with E-state index < -0.39 is 32.1 Å². The van der Waals surface area contributed by atoms with Crippen molar-refractivity contribution in [2.75, 3.05) is 0 Å². The maximum Gasteiger partial charge on any atom is 0.374 e. The molecule has 0 aliphatic heterocycles. The first kappa shape index (κ1) is 19.6. The molecule has 0 spiro atoms. The van der Waals surface area contributed by atoms with Crippen LogP contribution in [0.4, 0.5) is 17.6 Å². The quantitative estimate of drug-likeness (QED) is 0.560. The van der Waals surface area contributed by atoms with Crippen LogP contribution < -0.4 is 0 Å². The molecular formula is C12H22F4O3S. The SMILES string of the molecule is CC(F)(F)C(C)(C)CCCC(C)(C)C(F)(F)S(=O)(=O)O. The van der Waals surface area contributed by atoms with Crippen LogP contribution in [-0.2, 0) is 10.1 Å². The number of hydrogen-bond donors (Lipinski definition) is 1. The minimum absolute atomic E-state index is 0.00542. The molecule has 0 fully saturated rings. The lowest BCUT2D eigenvalue weighted by Crippen LogP contribution is -2.43. The number of rotatable bonds is 7. The Balaban J connectivity index is 4.85. The Bertz CT molecular complexity index is 436. The van der Waals surface area contributed by atoms with Crippen LogP contribution in [0.15, 0.2) is 0 Å². The van der Waals surface area contributed by atoms with E-state index in [4.69, 9.17) is 4.55 Å². The zero-order valence-electron chi connectivity index (χ0n) is 12.3.